The highest BCUT2D eigenvalue weighted by Gasteiger charge is 2.29. The van der Waals surface area contributed by atoms with Crippen LogP contribution in [0.2, 0.25) is 0 Å². The Kier molecular flexibility index (Phi) is 3.30. The molecule has 1 amide bonds. The van der Waals surface area contributed by atoms with Crippen molar-refractivity contribution in [3.8, 4) is 0 Å². The molecule has 1 aliphatic heterocycles. The van der Waals surface area contributed by atoms with Crippen LogP contribution in [-0.2, 0) is 0 Å². The molecule has 0 unspecified atom stereocenters. The molecular weight excluding hydrogens is 258 g/mol. The van der Waals surface area contributed by atoms with Crippen molar-refractivity contribution in [3.05, 3.63) is 35.4 Å². The first-order valence-corrected chi connectivity index (χ1v) is 6.79. The third-order valence-electron chi connectivity index (χ3n) is 3.55. The van der Waals surface area contributed by atoms with Crippen molar-refractivity contribution in [3.63, 3.8) is 0 Å². The average Bonchev–Trinajstić information content (AvgIpc) is 3.07. The molecule has 1 aliphatic rings. The zero-order chi connectivity index (χ0) is 14.1. The number of likely N-dealkylation sites (tertiary alicyclic amines) is 1. The van der Waals surface area contributed by atoms with E-state index in [4.69, 9.17) is 8.94 Å². The molecule has 1 saturated heterocycles. The number of nitrogens with zero attached hydrogens (tertiary/aromatic N) is 3. The molecule has 1 fully saturated rings. The molecule has 0 radical (unpaired) electrons. The van der Waals surface area contributed by atoms with Gasteiger partial charge < -0.3 is 13.8 Å². The Balaban J connectivity index is 1.73. The maximum Gasteiger partial charge on any atom is 0.289 e. The summed E-state index contributed by atoms with van der Waals surface area (Å²) in [6.45, 7) is 4.96. The largest absolute Gasteiger partial charge is 0.456 e. The number of piperidine rings is 1. The van der Waals surface area contributed by atoms with E-state index < -0.39 is 0 Å². The maximum atomic E-state index is 12.4. The predicted octanol–water partition coefficient (Wildman–Crippen LogP) is 2.30. The van der Waals surface area contributed by atoms with Gasteiger partial charge in [-0.2, -0.15) is 4.98 Å². The number of aryl methyl sites for hydroxylation is 2. The van der Waals surface area contributed by atoms with Gasteiger partial charge in [0.15, 0.2) is 11.6 Å². The van der Waals surface area contributed by atoms with Crippen molar-refractivity contribution in [1.29, 1.82) is 0 Å². The highest BCUT2D eigenvalue weighted by molar-refractivity contribution is 5.91. The zero-order valence-electron chi connectivity index (χ0n) is 11.6. The van der Waals surface area contributed by atoms with Crippen molar-refractivity contribution in [1.82, 2.24) is 15.0 Å². The smallest absolute Gasteiger partial charge is 0.289 e. The number of rotatable bonds is 2. The van der Waals surface area contributed by atoms with Gasteiger partial charge in [0.05, 0.1) is 5.92 Å². The minimum atomic E-state index is -0.0703. The molecule has 0 aromatic carbocycles. The first kappa shape index (κ1) is 12.9. The van der Waals surface area contributed by atoms with Crippen molar-refractivity contribution in [2.75, 3.05) is 13.1 Å². The minimum Gasteiger partial charge on any atom is -0.456 e. The van der Waals surface area contributed by atoms with Gasteiger partial charge in [-0.15, -0.1) is 0 Å². The Labute approximate surface area is 116 Å². The number of carbonyl (C=O) groups excluding carboxylic acids is 1. The molecule has 6 heteroatoms. The Morgan fingerprint density at radius 3 is 2.90 bits per heavy atom. The second kappa shape index (κ2) is 5.11. The lowest BCUT2D eigenvalue weighted by atomic mass is 9.98. The predicted molar refractivity (Wildman–Crippen MR) is 70.4 cm³/mol. The summed E-state index contributed by atoms with van der Waals surface area (Å²) < 4.78 is 10.6. The maximum absolute atomic E-state index is 12.4. The molecule has 3 rings (SSSR count). The number of furan rings is 1. The van der Waals surface area contributed by atoms with E-state index in [0.29, 0.717) is 24.0 Å². The van der Waals surface area contributed by atoms with E-state index in [1.165, 1.54) is 0 Å². The molecule has 6 nitrogen and oxygen atoms in total. The number of aromatic nitrogens is 2. The molecule has 20 heavy (non-hydrogen) atoms. The van der Waals surface area contributed by atoms with Crippen LogP contribution in [0.3, 0.4) is 0 Å². The van der Waals surface area contributed by atoms with Crippen LogP contribution in [0.15, 0.2) is 21.1 Å². The molecule has 106 valence electrons. The molecule has 2 aromatic heterocycles. The van der Waals surface area contributed by atoms with Crippen LogP contribution in [-0.4, -0.2) is 34.0 Å². The van der Waals surface area contributed by atoms with Crippen LogP contribution in [0.5, 0.6) is 0 Å². The SMILES string of the molecule is Cc1noc([C@H]2CCCN(C(=O)c3ccc(C)o3)C2)n1. The normalized spacial score (nSPS) is 19.3. The van der Waals surface area contributed by atoms with Crippen LogP contribution in [0.4, 0.5) is 0 Å². The Morgan fingerprint density at radius 2 is 2.25 bits per heavy atom. The number of hydrogen-bond acceptors (Lipinski definition) is 5. The lowest BCUT2D eigenvalue weighted by Crippen LogP contribution is -2.39. The van der Waals surface area contributed by atoms with E-state index in [0.717, 1.165) is 25.1 Å². The fraction of sp³-hybridized carbons (Fsp3) is 0.500. The second-order valence-electron chi connectivity index (χ2n) is 5.18. The van der Waals surface area contributed by atoms with E-state index in [1.54, 1.807) is 24.0 Å². The van der Waals surface area contributed by atoms with E-state index in [-0.39, 0.29) is 11.8 Å². The molecule has 1 atom stereocenters. The van der Waals surface area contributed by atoms with Crippen LogP contribution in [0.1, 0.15) is 46.8 Å². The number of amides is 1. The third kappa shape index (κ3) is 2.45. The van der Waals surface area contributed by atoms with Crippen molar-refractivity contribution in [2.24, 2.45) is 0 Å². The van der Waals surface area contributed by atoms with Crippen LogP contribution < -0.4 is 0 Å². The molecule has 0 aliphatic carbocycles. The molecule has 0 saturated carbocycles. The Bertz CT molecular complexity index is 617. The summed E-state index contributed by atoms with van der Waals surface area (Å²) in [6.07, 6.45) is 1.89. The summed E-state index contributed by atoms with van der Waals surface area (Å²) in [5, 5.41) is 3.82. The van der Waals surface area contributed by atoms with Gasteiger partial charge >= 0.3 is 0 Å². The molecule has 2 aromatic rings. The molecule has 0 bridgehead atoms. The van der Waals surface area contributed by atoms with Crippen molar-refractivity contribution < 1.29 is 13.7 Å². The lowest BCUT2D eigenvalue weighted by Gasteiger charge is -2.30. The summed E-state index contributed by atoms with van der Waals surface area (Å²) >= 11 is 0. The van der Waals surface area contributed by atoms with Gasteiger partial charge in [-0.3, -0.25) is 4.79 Å². The van der Waals surface area contributed by atoms with Gasteiger partial charge in [-0.1, -0.05) is 5.16 Å². The first-order chi connectivity index (χ1) is 9.63. The summed E-state index contributed by atoms with van der Waals surface area (Å²) in [6, 6.07) is 3.52. The zero-order valence-corrected chi connectivity index (χ0v) is 11.6. The summed E-state index contributed by atoms with van der Waals surface area (Å²) in [5.41, 5.74) is 0. The van der Waals surface area contributed by atoms with E-state index in [1.807, 2.05) is 6.92 Å². The third-order valence-corrected chi connectivity index (χ3v) is 3.55. The van der Waals surface area contributed by atoms with Gasteiger partial charge in [0.1, 0.15) is 5.76 Å². The Hall–Kier alpha value is -2.11. The highest BCUT2D eigenvalue weighted by Crippen LogP contribution is 2.26. The van der Waals surface area contributed by atoms with Crippen LogP contribution in [0.25, 0.3) is 0 Å². The topological polar surface area (TPSA) is 72.4 Å². The van der Waals surface area contributed by atoms with Crippen LogP contribution >= 0.6 is 0 Å². The van der Waals surface area contributed by atoms with E-state index in [9.17, 15) is 4.79 Å². The average molecular weight is 275 g/mol. The molecular formula is C14H17N3O3. The molecule has 0 N–H and O–H groups in total. The van der Waals surface area contributed by atoms with Gasteiger partial charge in [0.2, 0.25) is 5.89 Å². The summed E-state index contributed by atoms with van der Waals surface area (Å²) in [4.78, 5) is 18.4. The quantitative estimate of drug-likeness (QED) is 0.840. The van der Waals surface area contributed by atoms with Gasteiger partial charge in [0.25, 0.3) is 5.91 Å². The second-order valence-corrected chi connectivity index (χ2v) is 5.18. The fourth-order valence-electron chi connectivity index (χ4n) is 2.55. The highest BCUT2D eigenvalue weighted by atomic mass is 16.5. The Morgan fingerprint density at radius 1 is 1.40 bits per heavy atom. The van der Waals surface area contributed by atoms with Crippen LogP contribution in [0, 0.1) is 13.8 Å². The van der Waals surface area contributed by atoms with E-state index >= 15 is 0 Å². The lowest BCUT2D eigenvalue weighted by molar-refractivity contribution is 0.0662. The van der Waals surface area contributed by atoms with E-state index in [2.05, 4.69) is 10.1 Å². The van der Waals surface area contributed by atoms with Gasteiger partial charge in [-0.25, -0.2) is 0 Å². The summed E-state index contributed by atoms with van der Waals surface area (Å²) in [7, 11) is 0. The van der Waals surface area contributed by atoms with Gasteiger partial charge in [-0.05, 0) is 38.8 Å². The minimum absolute atomic E-state index is 0.0703. The first-order valence-electron chi connectivity index (χ1n) is 6.79. The van der Waals surface area contributed by atoms with Gasteiger partial charge in [0, 0.05) is 13.1 Å². The summed E-state index contributed by atoms with van der Waals surface area (Å²) in [5.74, 6) is 2.43. The standard InChI is InChI=1S/C14H17N3O3/c1-9-5-6-12(19-9)14(18)17-7-3-4-11(8-17)13-15-10(2)16-20-13/h5-6,11H,3-4,7-8H2,1-2H3/t11-/m0/s1. The number of carbonyl (C=O) groups is 1. The fourth-order valence-corrected chi connectivity index (χ4v) is 2.55. The van der Waals surface area contributed by atoms with Crippen molar-refractivity contribution in [2.45, 2.75) is 32.6 Å². The monoisotopic (exact) mass is 275 g/mol. The number of hydrogen-bond donors (Lipinski definition) is 0. The molecule has 0 spiro atoms. The van der Waals surface area contributed by atoms with Crippen molar-refractivity contribution >= 4 is 5.91 Å². The molecule has 3 heterocycles.